The van der Waals surface area contributed by atoms with Gasteiger partial charge in [-0.3, -0.25) is 10.1 Å². The number of aromatic nitrogens is 3. The lowest BCUT2D eigenvalue weighted by molar-refractivity contribution is -0.122. The van der Waals surface area contributed by atoms with Crippen LogP contribution in [0.3, 0.4) is 0 Å². The number of hydrogen-bond donors (Lipinski definition) is 1. The summed E-state index contributed by atoms with van der Waals surface area (Å²) in [7, 11) is 0. The van der Waals surface area contributed by atoms with Crippen LogP contribution in [0.1, 0.15) is 32.3 Å². The average molecular weight is 425 g/mol. The van der Waals surface area contributed by atoms with Crippen molar-refractivity contribution in [1.29, 1.82) is 0 Å². The van der Waals surface area contributed by atoms with Gasteiger partial charge in [-0.2, -0.15) is 4.98 Å². The van der Waals surface area contributed by atoms with Crippen molar-refractivity contribution in [2.24, 2.45) is 0 Å². The minimum absolute atomic E-state index is 0.197. The van der Waals surface area contributed by atoms with Gasteiger partial charge < -0.3 is 4.74 Å². The van der Waals surface area contributed by atoms with Crippen molar-refractivity contribution in [3.63, 3.8) is 0 Å². The molecular weight excluding hydrogens is 403 g/mol. The number of fused-ring (bicyclic) bond motifs is 1. The first kappa shape index (κ1) is 20.0. The molecule has 2 heterocycles. The minimum atomic E-state index is -0.719. The number of anilines is 1. The van der Waals surface area contributed by atoms with Crippen molar-refractivity contribution in [1.82, 2.24) is 14.6 Å². The van der Waals surface area contributed by atoms with Gasteiger partial charge in [-0.1, -0.05) is 32.0 Å². The predicted molar refractivity (Wildman–Crippen MR) is 116 cm³/mol. The molecular formula is C22H21FN4O2S. The third-order valence-electron chi connectivity index (χ3n) is 4.67. The second kappa shape index (κ2) is 8.23. The van der Waals surface area contributed by atoms with Crippen LogP contribution >= 0.6 is 11.3 Å². The van der Waals surface area contributed by atoms with Crippen LogP contribution < -0.4 is 10.1 Å². The lowest BCUT2D eigenvalue weighted by Gasteiger charge is -2.18. The Bertz CT molecular complexity index is 1180. The van der Waals surface area contributed by atoms with E-state index in [4.69, 9.17) is 4.74 Å². The largest absolute Gasteiger partial charge is 0.481 e. The highest BCUT2D eigenvalue weighted by atomic mass is 32.1. The summed E-state index contributed by atoms with van der Waals surface area (Å²) < 4.78 is 20.7. The Balaban J connectivity index is 1.50. The molecule has 1 N–H and O–H groups in total. The Hall–Kier alpha value is -3.26. The number of ether oxygens (including phenoxy) is 1. The molecule has 4 aromatic rings. The van der Waals surface area contributed by atoms with E-state index in [-0.39, 0.29) is 23.6 Å². The van der Waals surface area contributed by atoms with Crippen molar-refractivity contribution >= 4 is 28.2 Å². The van der Waals surface area contributed by atoms with E-state index in [1.165, 1.54) is 23.5 Å². The number of amides is 1. The highest BCUT2D eigenvalue weighted by molar-refractivity contribution is 7.15. The van der Waals surface area contributed by atoms with E-state index in [9.17, 15) is 9.18 Å². The molecule has 1 amide bonds. The van der Waals surface area contributed by atoms with Crippen LogP contribution in [0.4, 0.5) is 10.3 Å². The van der Waals surface area contributed by atoms with Crippen molar-refractivity contribution < 1.29 is 13.9 Å². The first-order chi connectivity index (χ1) is 14.4. The maximum atomic E-state index is 13.2. The molecule has 0 aliphatic rings. The molecule has 1 unspecified atom stereocenters. The number of halogens is 1. The molecule has 8 heteroatoms. The average Bonchev–Trinajstić information content (AvgIpc) is 3.29. The number of rotatable bonds is 6. The van der Waals surface area contributed by atoms with Crippen LogP contribution in [0.5, 0.6) is 5.75 Å². The van der Waals surface area contributed by atoms with Crippen LogP contribution in [0.2, 0.25) is 0 Å². The van der Waals surface area contributed by atoms with Crippen LogP contribution in [0.25, 0.3) is 16.2 Å². The molecule has 0 bridgehead atoms. The molecule has 2 aromatic carbocycles. The summed E-state index contributed by atoms with van der Waals surface area (Å²) in [5.74, 6) is 0.526. The zero-order chi connectivity index (χ0) is 21.3. The van der Waals surface area contributed by atoms with E-state index in [0.29, 0.717) is 10.7 Å². The van der Waals surface area contributed by atoms with Crippen LogP contribution in [0.15, 0.2) is 53.9 Å². The van der Waals surface area contributed by atoms with E-state index in [1.54, 1.807) is 23.6 Å². The lowest BCUT2D eigenvalue weighted by atomic mass is 10.0. The summed E-state index contributed by atoms with van der Waals surface area (Å²) in [4.78, 5) is 17.6. The van der Waals surface area contributed by atoms with Crippen molar-refractivity contribution in [3.05, 3.63) is 65.3 Å². The highest BCUT2D eigenvalue weighted by Crippen LogP contribution is 2.28. The zero-order valence-electron chi connectivity index (χ0n) is 16.8. The first-order valence-electron chi connectivity index (χ1n) is 9.59. The summed E-state index contributed by atoms with van der Waals surface area (Å²) in [6.07, 6.45) is -0.719. The van der Waals surface area contributed by atoms with E-state index < -0.39 is 6.10 Å². The maximum absolute atomic E-state index is 13.2. The molecule has 154 valence electrons. The van der Waals surface area contributed by atoms with E-state index in [1.807, 2.05) is 29.6 Å². The third-order valence-corrected chi connectivity index (χ3v) is 5.49. The van der Waals surface area contributed by atoms with Crippen molar-refractivity contribution in [2.45, 2.75) is 32.8 Å². The maximum Gasteiger partial charge on any atom is 0.267 e. The number of carbonyl (C=O) groups excluding carboxylic acids is 1. The number of thiazole rings is 1. The van der Waals surface area contributed by atoms with Crippen molar-refractivity contribution in [3.8, 4) is 17.0 Å². The number of para-hydroxylation sites is 1. The van der Waals surface area contributed by atoms with Gasteiger partial charge in [-0.15, -0.1) is 16.4 Å². The fourth-order valence-electron chi connectivity index (χ4n) is 3.07. The molecule has 1 atom stereocenters. The van der Waals surface area contributed by atoms with Gasteiger partial charge in [0, 0.05) is 10.9 Å². The Kier molecular flexibility index (Phi) is 5.50. The predicted octanol–water partition coefficient (Wildman–Crippen LogP) is 5.13. The van der Waals surface area contributed by atoms with Gasteiger partial charge in [0.1, 0.15) is 11.6 Å². The second-order valence-electron chi connectivity index (χ2n) is 7.20. The standard InChI is InChI=1S/C22H21FN4O2S/c1-13(2)17-6-4-5-7-19(17)29-14(3)20(28)24-21-25-22-27(26-21)18(12-30-22)15-8-10-16(23)11-9-15/h4-14H,1-3H3,(H,24,26,28). The third kappa shape index (κ3) is 4.04. The number of benzene rings is 2. The Morgan fingerprint density at radius 3 is 2.60 bits per heavy atom. The zero-order valence-corrected chi connectivity index (χ0v) is 17.6. The molecule has 0 radical (unpaired) electrons. The summed E-state index contributed by atoms with van der Waals surface area (Å²) in [5.41, 5.74) is 2.63. The highest BCUT2D eigenvalue weighted by Gasteiger charge is 2.20. The normalized spacial score (nSPS) is 12.3. The van der Waals surface area contributed by atoms with Crippen molar-refractivity contribution in [2.75, 3.05) is 5.32 Å². The quantitative estimate of drug-likeness (QED) is 0.466. The topological polar surface area (TPSA) is 68.5 Å². The van der Waals surface area contributed by atoms with Gasteiger partial charge in [-0.05, 0) is 48.7 Å². The van der Waals surface area contributed by atoms with Gasteiger partial charge in [0.15, 0.2) is 6.10 Å². The van der Waals surface area contributed by atoms with Crippen LogP contribution in [0, 0.1) is 5.82 Å². The lowest BCUT2D eigenvalue weighted by Crippen LogP contribution is -2.31. The molecule has 0 saturated carbocycles. The van der Waals surface area contributed by atoms with Gasteiger partial charge in [0.25, 0.3) is 11.9 Å². The molecule has 30 heavy (non-hydrogen) atoms. The minimum Gasteiger partial charge on any atom is -0.481 e. The SMILES string of the molecule is CC(Oc1ccccc1C(C)C)C(=O)Nc1nc2scc(-c3ccc(F)cc3)n2n1. The monoisotopic (exact) mass is 424 g/mol. The van der Waals surface area contributed by atoms with E-state index in [0.717, 1.165) is 16.8 Å². The fraction of sp³-hybridized carbons (Fsp3) is 0.227. The first-order valence-corrected chi connectivity index (χ1v) is 10.5. The summed E-state index contributed by atoms with van der Waals surface area (Å²) in [6, 6.07) is 13.8. The van der Waals surface area contributed by atoms with Gasteiger partial charge in [0.2, 0.25) is 4.96 Å². The molecule has 0 aliphatic carbocycles. The number of carbonyl (C=O) groups is 1. The summed E-state index contributed by atoms with van der Waals surface area (Å²) in [5, 5.41) is 8.99. The van der Waals surface area contributed by atoms with E-state index >= 15 is 0 Å². The van der Waals surface area contributed by atoms with E-state index in [2.05, 4.69) is 29.2 Å². The Morgan fingerprint density at radius 2 is 1.87 bits per heavy atom. The molecule has 0 fully saturated rings. The Morgan fingerprint density at radius 1 is 1.13 bits per heavy atom. The smallest absolute Gasteiger partial charge is 0.267 e. The molecule has 0 aliphatic heterocycles. The molecule has 0 spiro atoms. The summed E-state index contributed by atoms with van der Waals surface area (Å²) in [6.45, 7) is 5.84. The summed E-state index contributed by atoms with van der Waals surface area (Å²) >= 11 is 1.39. The molecule has 4 rings (SSSR count). The number of nitrogens with zero attached hydrogens (tertiary/aromatic N) is 3. The van der Waals surface area contributed by atoms with Gasteiger partial charge in [-0.25, -0.2) is 8.91 Å². The number of nitrogens with one attached hydrogen (secondary N) is 1. The van der Waals surface area contributed by atoms with Gasteiger partial charge in [0.05, 0.1) is 5.69 Å². The fourth-order valence-corrected chi connectivity index (χ4v) is 3.91. The molecule has 2 aromatic heterocycles. The van der Waals surface area contributed by atoms with Gasteiger partial charge >= 0.3 is 0 Å². The molecule has 0 saturated heterocycles. The second-order valence-corrected chi connectivity index (χ2v) is 8.04. The van der Waals surface area contributed by atoms with Crippen LogP contribution in [-0.2, 0) is 4.79 Å². The Labute approximate surface area is 177 Å². The number of hydrogen-bond acceptors (Lipinski definition) is 5. The van der Waals surface area contributed by atoms with Crippen LogP contribution in [-0.4, -0.2) is 26.6 Å². The molecule has 6 nitrogen and oxygen atoms in total.